The molecule has 0 spiro atoms. The number of fused-ring (bicyclic) bond motifs is 1. The summed E-state index contributed by atoms with van der Waals surface area (Å²) >= 11 is 0. The summed E-state index contributed by atoms with van der Waals surface area (Å²) in [6.07, 6.45) is -0.182. The highest BCUT2D eigenvalue weighted by Crippen LogP contribution is 2.35. The van der Waals surface area contributed by atoms with Gasteiger partial charge < -0.3 is 28.8 Å². The quantitative estimate of drug-likeness (QED) is 0.597. The van der Waals surface area contributed by atoms with Crippen LogP contribution >= 0.6 is 0 Å². The van der Waals surface area contributed by atoms with E-state index in [1.165, 1.54) is 0 Å². The molecule has 30 heavy (non-hydrogen) atoms. The average molecular weight is 410 g/mol. The number of carbonyl (C=O) groups excluding carboxylic acids is 1. The van der Waals surface area contributed by atoms with Crippen LogP contribution in [0.5, 0.6) is 0 Å². The van der Waals surface area contributed by atoms with Crippen LogP contribution in [0.2, 0.25) is 0 Å². The van der Waals surface area contributed by atoms with Crippen molar-refractivity contribution >= 4 is 5.97 Å². The third-order valence-corrected chi connectivity index (χ3v) is 4.96. The number of ether oxygens (including phenoxy) is 5. The molecular formula is C23H22O7. The van der Waals surface area contributed by atoms with Gasteiger partial charge in [0.05, 0.1) is 12.2 Å². The number of aliphatic hydroxyl groups excluding tert-OH is 1. The van der Waals surface area contributed by atoms with Gasteiger partial charge in [0.1, 0.15) is 24.9 Å². The average Bonchev–Trinajstić information content (AvgIpc) is 2.80. The Hall–Kier alpha value is -2.73. The minimum absolute atomic E-state index is 0.0627. The summed E-state index contributed by atoms with van der Waals surface area (Å²) in [5, 5.41) is 10.8. The largest absolute Gasteiger partial charge is 0.453 e. The molecule has 0 aromatic heterocycles. The van der Waals surface area contributed by atoms with Crippen LogP contribution in [-0.2, 0) is 23.7 Å². The molecule has 0 amide bonds. The van der Waals surface area contributed by atoms with Crippen molar-refractivity contribution in [3.05, 3.63) is 71.8 Å². The summed E-state index contributed by atoms with van der Waals surface area (Å²) < 4.78 is 28.7. The molecular weight excluding hydrogens is 388 g/mol. The van der Waals surface area contributed by atoms with Gasteiger partial charge >= 0.3 is 5.97 Å². The zero-order valence-corrected chi connectivity index (χ0v) is 16.1. The first-order valence-corrected chi connectivity index (χ1v) is 9.64. The first-order chi connectivity index (χ1) is 14.7. The third-order valence-electron chi connectivity index (χ3n) is 4.96. The van der Waals surface area contributed by atoms with E-state index in [4.69, 9.17) is 30.1 Å². The first kappa shape index (κ1) is 20.5. The molecule has 0 aliphatic carbocycles. The zero-order valence-electron chi connectivity index (χ0n) is 16.1. The fourth-order valence-electron chi connectivity index (χ4n) is 3.51. The SMILES string of the molecule is C#CCO[C@@H]1OC2COC(c3ccccc3)O[C@H]2C(OC(=O)c2ccccc2)C1O. The molecule has 4 rings (SSSR count). The van der Waals surface area contributed by atoms with Gasteiger partial charge in [-0.05, 0) is 12.1 Å². The molecule has 1 N–H and O–H groups in total. The van der Waals surface area contributed by atoms with Crippen LogP contribution in [-0.4, -0.2) is 55.0 Å². The lowest BCUT2D eigenvalue weighted by molar-refractivity contribution is -0.359. The van der Waals surface area contributed by atoms with Gasteiger partial charge in [0.15, 0.2) is 18.7 Å². The molecule has 156 valence electrons. The minimum Gasteiger partial charge on any atom is -0.453 e. The molecule has 2 fully saturated rings. The van der Waals surface area contributed by atoms with Crippen molar-refractivity contribution in [1.29, 1.82) is 0 Å². The fourth-order valence-corrected chi connectivity index (χ4v) is 3.51. The highest BCUT2D eigenvalue weighted by Gasteiger charge is 2.52. The summed E-state index contributed by atoms with van der Waals surface area (Å²) in [5.74, 6) is 1.75. The zero-order chi connectivity index (χ0) is 20.9. The van der Waals surface area contributed by atoms with Crippen LogP contribution in [0.15, 0.2) is 60.7 Å². The van der Waals surface area contributed by atoms with Crippen LogP contribution in [0.3, 0.4) is 0 Å². The molecule has 4 unspecified atom stereocenters. The molecule has 0 radical (unpaired) electrons. The van der Waals surface area contributed by atoms with E-state index in [2.05, 4.69) is 5.92 Å². The van der Waals surface area contributed by atoms with Crippen molar-refractivity contribution in [1.82, 2.24) is 0 Å². The van der Waals surface area contributed by atoms with E-state index in [9.17, 15) is 9.90 Å². The predicted molar refractivity (Wildman–Crippen MR) is 105 cm³/mol. The van der Waals surface area contributed by atoms with Crippen LogP contribution in [0, 0.1) is 12.3 Å². The summed E-state index contributed by atoms with van der Waals surface area (Å²) in [5.41, 5.74) is 1.17. The standard InChI is InChI=1S/C23H22O7/c1-2-13-26-23-18(24)20(29-21(25)15-9-5-3-6-10-15)19-17(28-23)14-27-22(30-19)16-11-7-4-8-12-16/h1,3-12,17-20,22-24H,13-14H2/t17?,18?,19-,20?,22?,23-/m1/s1. The molecule has 6 atom stereocenters. The second kappa shape index (κ2) is 9.39. The maximum absolute atomic E-state index is 12.7. The topological polar surface area (TPSA) is 83.5 Å². The van der Waals surface area contributed by atoms with Crippen LogP contribution < -0.4 is 0 Å². The first-order valence-electron chi connectivity index (χ1n) is 9.64. The molecule has 2 heterocycles. The molecule has 7 heteroatoms. The molecule has 7 nitrogen and oxygen atoms in total. The predicted octanol–water partition coefficient (Wildman–Crippen LogP) is 2.06. The second-order valence-corrected chi connectivity index (χ2v) is 6.96. The van der Waals surface area contributed by atoms with Crippen LogP contribution in [0.1, 0.15) is 22.2 Å². The number of rotatable bonds is 5. The highest BCUT2D eigenvalue weighted by atomic mass is 16.8. The Morgan fingerprint density at radius 3 is 2.50 bits per heavy atom. The van der Waals surface area contributed by atoms with E-state index in [0.29, 0.717) is 5.56 Å². The summed E-state index contributed by atoms with van der Waals surface area (Å²) in [6.45, 7) is 0.110. The van der Waals surface area contributed by atoms with Gasteiger partial charge in [-0.1, -0.05) is 54.5 Å². The number of aliphatic hydroxyl groups is 1. The van der Waals surface area contributed by atoms with E-state index >= 15 is 0 Å². The second-order valence-electron chi connectivity index (χ2n) is 6.96. The molecule has 2 aliphatic heterocycles. The van der Waals surface area contributed by atoms with Gasteiger partial charge in [-0.15, -0.1) is 6.42 Å². The van der Waals surface area contributed by atoms with Gasteiger partial charge in [0, 0.05) is 5.56 Å². The van der Waals surface area contributed by atoms with E-state index in [1.807, 2.05) is 30.3 Å². The highest BCUT2D eigenvalue weighted by molar-refractivity contribution is 5.89. The van der Waals surface area contributed by atoms with Crippen molar-refractivity contribution in [3.63, 3.8) is 0 Å². The lowest BCUT2D eigenvalue weighted by Crippen LogP contribution is -2.63. The van der Waals surface area contributed by atoms with E-state index in [1.54, 1.807) is 30.3 Å². The van der Waals surface area contributed by atoms with E-state index in [-0.39, 0.29) is 13.2 Å². The number of carbonyl (C=O) groups is 1. The van der Waals surface area contributed by atoms with Crippen molar-refractivity contribution in [3.8, 4) is 12.3 Å². The van der Waals surface area contributed by atoms with Gasteiger partial charge in [-0.3, -0.25) is 0 Å². The minimum atomic E-state index is -1.29. The molecule has 0 saturated carbocycles. The lowest BCUT2D eigenvalue weighted by atomic mass is 9.97. The fraction of sp³-hybridized carbons (Fsp3) is 0.348. The molecule has 2 aliphatic rings. The van der Waals surface area contributed by atoms with E-state index in [0.717, 1.165) is 5.56 Å². The number of terminal acetylenes is 1. The molecule has 2 aromatic carbocycles. The molecule has 2 aromatic rings. The van der Waals surface area contributed by atoms with Crippen molar-refractivity contribution in [2.24, 2.45) is 0 Å². The van der Waals surface area contributed by atoms with Gasteiger partial charge in [0.25, 0.3) is 0 Å². The van der Waals surface area contributed by atoms with Gasteiger partial charge in [-0.25, -0.2) is 4.79 Å². The van der Waals surface area contributed by atoms with E-state index < -0.39 is 43.0 Å². The van der Waals surface area contributed by atoms with Crippen LogP contribution in [0.4, 0.5) is 0 Å². The Morgan fingerprint density at radius 2 is 1.80 bits per heavy atom. The Kier molecular flexibility index (Phi) is 6.43. The summed E-state index contributed by atoms with van der Waals surface area (Å²) in [4.78, 5) is 12.7. The van der Waals surface area contributed by atoms with Crippen molar-refractivity contribution < 1.29 is 33.6 Å². The summed E-state index contributed by atoms with van der Waals surface area (Å²) in [6, 6.07) is 17.9. The maximum atomic E-state index is 12.7. The number of hydrogen-bond donors (Lipinski definition) is 1. The van der Waals surface area contributed by atoms with Gasteiger partial charge in [0.2, 0.25) is 0 Å². The third kappa shape index (κ3) is 4.38. The number of hydrogen-bond acceptors (Lipinski definition) is 7. The van der Waals surface area contributed by atoms with Crippen molar-refractivity contribution in [2.45, 2.75) is 37.0 Å². The number of benzene rings is 2. The Morgan fingerprint density at radius 1 is 1.10 bits per heavy atom. The van der Waals surface area contributed by atoms with Crippen LogP contribution in [0.25, 0.3) is 0 Å². The smallest absolute Gasteiger partial charge is 0.338 e. The Labute approximate surface area is 174 Å². The molecule has 2 saturated heterocycles. The monoisotopic (exact) mass is 410 g/mol. The Balaban J connectivity index is 1.56. The normalized spacial score (nSPS) is 30.7. The number of esters is 1. The van der Waals surface area contributed by atoms with Gasteiger partial charge in [-0.2, -0.15) is 0 Å². The summed E-state index contributed by atoms with van der Waals surface area (Å²) in [7, 11) is 0. The van der Waals surface area contributed by atoms with Crippen molar-refractivity contribution in [2.75, 3.05) is 13.2 Å². The Bertz CT molecular complexity index is 879. The lowest BCUT2D eigenvalue weighted by Gasteiger charge is -2.47. The maximum Gasteiger partial charge on any atom is 0.338 e. The molecule has 0 bridgehead atoms.